The third kappa shape index (κ3) is 2.76. The molecule has 0 saturated heterocycles. The van der Waals surface area contributed by atoms with Crippen LogP contribution in [-0.4, -0.2) is 30.1 Å². The summed E-state index contributed by atoms with van der Waals surface area (Å²) < 4.78 is 2.08. The third-order valence-electron chi connectivity index (χ3n) is 4.46. The van der Waals surface area contributed by atoms with Gasteiger partial charge in [0.25, 0.3) is 0 Å². The van der Waals surface area contributed by atoms with E-state index in [4.69, 9.17) is 12.2 Å². The SMILES string of the molecule is CCc1cc(-c2n[nH]c(=S)n2-c2ccc(O)c(C)c2C)c(O)cc1O. The summed E-state index contributed by atoms with van der Waals surface area (Å²) in [5, 5.41) is 37.1. The van der Waals surface area contributed by atoms with E-state index < -0.39 is 0 Å². The van der Waals surface area contributed by atoms with Crippen LogP contribution in [0.2, 0.25) is 0 Å². The van der Waals surface area contributed by atoms with Crippen LogP contribution in [0.15, 0.2) is 24.3 Å². The molecule has 0 bridgehead atoms. The number of aromatic hydroxyl groups is 3. The Labute approximate surface area is 150 Å². The van der Waals surface area contributed by atoms with E-state index in [1.165, 1.54) is 6.07 Å². The molecule has 3 aromatic rings. The lowest BCUT2D eigenvalue weighted by Crippen LogP contribution is -2.02. The molecule has 0 radical (unpaired) electrons. The fourth-order valence-corrected chi connectivity index (χ4v) is 3.05. The van der Waals surface area contributed by atoms with Crippen molar-refractivity contribution in [3.05, 3.63) is 45.7 Å². The number of phenols is 3. The molecule has 3 rings (SSSR count). The predicted octanol–water partition coefficient (Wildman–Crippen LogP) is 3.89. The summed E-state index contributed by atoms with van der Waals surface area (Å²) in [6.45, 7) is 5.63. The number of H-pyrrole nitrogens is 1. The van der Waals surface area contributed by atoms with Gasteiger partial charge < -0.3 is 15.3 Å². The van der Waals surface area contributed by atoms with E-state index >= 15 is 0 Å². The maximum atomic E-state index is 10.3. The molecule has 0 fully saturated rings. The standard InChI is InChI=1S/C18H19N3O3S/c1-4-11-7-12(16(24)8-15(11)23)17-19-20-18(25)21(17)13-5-6-14(22)10(3)9(13)2/h5-8,22-24H,4H2,1-3H3,(H,20,25). The molecule has 25 heavy (non-hydrogen) atoms. The van der Waals surface area contributed by atoms with Gasteiger partial charge in [0.2, 0.25) is 0 Å². The van der Waals surface area contributed by atoms with Crippen LogP contribution >= 0.6 is 12.2 Å². The lowest BCUT2D eigenvalue weighted by molar-refractivity contribution is 0.447. The van der Waals surface area contributed by atoms with Gasteiger partial charge in [-0.05, 0) is 67.4 Å². The topological polar surface area (TPSA) is 94.3 Å². The molecule has 0 amide bonds. The molecule has 0 aliphatic rings. The van der Waals surface area contributed by atoms with Crippen LogP contribution in [-0.2, 0) is 6.42 Å². The maximum Gasteiger partial charge on any atom is 0.200 e. The monoisotopic (exact) mass is 357 g/mol. The molecular weight excluding hydrogens is 338 g/mol. The second-order valence-corrected chi connectivity index (χ2v) is 6.28. The zero-order chi connectivity index (χ0) is 18.3. The summed E-state index contributed by atoms with van der Waals surface area (Å²) in [5.74, 6) is 0.600. The minimum atomic E-state index is -0.0851. The number of aryl methyl sites for hydroxylation is 1. The van der Waals surface area contributed by atoms with Gasteiger partial charge in [-0.1, -0.05) is 6.92 Å². The highest BCUT2D eigenvalue weighted by atomic mass is 32.1. The molecule has 1 heterocycles. The third-order valence-corrected chi connectivity index (χ3v) is 4.74. The number of aromatic amines is 1. The number of aromatic nitrogens is 3. The summed E-state index contributed by atoms with van der Waals surface area (Å²) in [7, 11) is 0. The first-order chi connectivity index (χ1) is 11.8. The summed E-state index contributed by atoms with van der Waals surface area (Å²) in [4.78, 5) is 0. The van der Waals surface area contributed by atoms with Gasteiger partial charge in [-0.3, -0.25) is 9.67 Å². The second-order valence-electron chi connectivity index (χ2n) is 5.89. The van der Waals surface area contributed by atoms with E-state index in [1.54, 1.807) is 22.8 Å². The van der Waals surface area contributed by atoms with Gasteiger partial charge >= 0.3 is 0 Å². The molecule has 0 atom stereocenters. The molecule has 0 unspecified atom stereocenters. The van der Waals surface area contributed by atoms with Crippen LogP contribution in [0, 0.1) is 18.6 Å². The van der Waals surface area contributed by atoms with Crippen LogP contribution in [0.3, 0.4) is 0 Å². The predicted molar refractivity (Wildman–Crippen MR) is 98.0 cm³/mol. The Kier molecular flexibility index (Phi) is 4.26. The van der Waals surface area contributed by atoms with E-state index in [0.29, 0.717) is 28.1 Å². The van der Waals surface area contributed by atoms with Crippen LogP contribution in [0.1, 0.15) is 23.6 Å². The quantitative estimate of drug-likeness (QED) is 0.534. The van der Waals surface area contributed by atoms with Crippen molar-refractivity contribution in [1.29, 1.82) is 0 Å². The van der Waals surface area contributed by atoms with Crippen LogP contribution in [0.4, 0.5) is 0 Å². The normalized spacial score (nSPS) is 11.0. The molecule has 4 N–H and O–H groups in total. The van der Waals surface area contributed by atoms with Crippen molar-refractivity contribution in [2.45, 2.75) is 27.2 Å². The Hall–Kier alpha value is -2.80. The van der Waals surface area contributed by atoms with Crippen molar-refractivity contribution in [3.63, 3.8) is 0 Å². The Bertz CT molecular complexity index is 1020. The summed E-state index contributed by atoms with van der Waals surface area (Å²) in [6.07, 6.45) is 0.613. The molecule has 0 aliphatic carbocycles. The van der Waals surface area contributed by atoms with Gasteiger partial charge in [0, 0.05) is 6.07 Å². The average molecular weight is 357 g/mol. The number of benzene rings is 2. The number of nitrogens with zero attached hydrogens (tertiary/aromatic N) is 2. The Balaban J connectivity index is 2.30. The number of nitrogens with one attached hydrogen (secondary N) is 1. The first kappa shape index (κ1) is 17.0. The lowest BCUT2D eigenvalue weighted by atomic mass is 10.0. The molecule has 7 heteroatoms. The highest BCUT2D eigenvalue weighted by Crippen LogP contribution is 2.36. The van der Waals surface area contributed by atoms with E-state index in [0.717, 1.165) is 16.8 Å². The first-order valence-electron chi connectivity index (χ1n) is 7.87. The molecule has 0 aliphatic heterocycles. The molecule has 6 nitrogen and oxygen atoms in total. The molecule has 130 valence electrons. The number of hydrogen-bond donors (Lipinski definition) is 4. The van der Waals surface area contributed by atoms with Crippen LogP contribution in [0.5, 0.6) is 17.2 Å². The summed E-state index contributed by atoms with van der Waals surface area (Å²) in [6, 6.07) is 6.37. The highest BCUT2D eigenvalue weighted by molar-refractivity contribution is 7.71. The zero-order valence-electron chi connectivity index (χ0n) is 14.2. The van der Waals surface area contributed by atoms with E-state index in [-0.39, 0.29) is 17.2 Å². The van der Waals surface area contributed by atoms with Gasteiger partial charge in [0.15, 0.2) is 10.6 Å². The van der Waals surface area contributed by atoms with Crippen molar-refractivity contribution in [3.8, 4) is 34.3 Å². The smallest absolute Gasteiger partial charge is 0.200 e. The Morgan fingerprint density at radius 2 is 1.76 bits per heavy atom. The first-order valence-corrected chi connectivity index (χ1v) is 8.28. The van der Waals surface area contributed by atoms with Crippen molar-refractivity contribution in [1.82, 2.24) is 14.8 Å². The average Bonchev–Trinajstić information content (AvgIpc) is 2.94. The van der Waals surface area contributed by atoms with Crippen molar-refractivity contribution in [2.75, 3.05) is 0 Å². The van der Waals surface area contributed by atoms with Crippen molar-refractivity contribution >= 4 is 12.2 Å². The molecule has 2 aromatic carbocycles. The lowest BCUT2D eigenvalue weighted by Gasteiger charge is -2.14. The largest absolute Gasteiger partial charge is 0.508 e. The van der Waals surface area contributed by atoms with Crippen LogP contribution < -0.4 is 0 Å². The minimum absolute atomic E-state index is 0.0427. The van der Waals surface area contributed by atoms with E-state index in [9.17, 15) is 15.3 Å². The minimum Gasteiger partial charge on any atom is -0.508 e. The van der Waals surface area contributed by atoms with E-state index in [2.05, 4.69) is 10.2 Å². The number of rotatable bonds is 3. The fourth-order valence-electron chi connectivity index (χ4n) is 2.82. The number of hydrogen-bond acceptors (Lipinski definition) is 5. The zero-order valence-corrected chi connectivity index (χ0v) is 15.0. The number of phenolic OH excluding ortho intramolecular Hbond substituents is 3. The van der Waals surface area contributed by atoms with Gasteiger partial charge in [-0.2, -0.15) is 5.10 Å². The molecule has 1 aromatic heterocycles. The molecule has 0 saturated carbocycles. The van der Waals surface area contributed by atoms with Gasteiger partial charge in [-0.25, -0.2) is 0 Å². The maximum absolute atomic E-state index is 10.3. The Morgan fingerprint density at radius 1 is 1.04 bits per heavy atom. The van der Waals surface area contributed by atoms with Gasteiger partial charge in [-0.15, -0.1) is 0 Å². The second kappa shape index (κ2) is 6.25. The summed E-state index contributed by atoms with van der Waals surface area (Å²) in [5.41, 5.74) is 3.53. The molecule has 0 spiro atoms. The summed E-state index contributed by atoms with van der Waals surface area (Å²) >= 11 is 5.37. The Morgan fingerprint density at radius 3 is 2.44 bits per heavy atom. The molecular formula is C18H19N3O3S. The van der Waals surface area contributed by atoms with E-state index in [1.807, 2.05) is 20.8 Å². The van der Waals surface area contributed by atoms with Crippen molar-refractivity contribution in [2.24, 2.45) is 0 Å². The van der Waals surface area contributed by atoms with Gasteiger partial charge in [0.1, 0.15) is 17.2 Å². The van der Waals surface area contributed by atoms with Gasteiger partial charge in [0.05, 0.1) is 11.3 Å². The fraction of sp³-hybridized carbons (Fsp3) is 0.222. The van der Waals surface area contributed by atoms with Crippen LogP contribution in [0.25, 0.3) is 17.1 Å². The highest BCUT2D eigenvalue weighted by Gasteiger charge is 2.19. The van der Waals surface area contributed by atoms with Crippen molar-refractivity contribution < 1.29 is 15.3 Å².